The number of rotatable bonds is 2. The lowest BCUT2D eigenvalue weighted by molar-refractivity contribution is 0.473. The van der Waals surface area contributed by atoms with Gasteiger partial charge in [-0.25, -0.2) is 18.2 Å². The second-order valence-corrected chi connectivity index (χ2v) is 6.98. The molecular formula is C19H15F3N6. The molecule has 0 saturated carbocycles. The lowest BCUT2D eigenvalue weighted by atomic mass is 9.84. The summed E-state index contributed by atoms with van der Waals surface area (Å²) in [4.78, 5) is 6.07. The second kappa shape index (κ2) is 6.15. The fraction of sp³-hybridized carbons (Fsp3) is 0.263. The summed E-state index contributed by atoms with van der Waals surface area (Å²) in [5.74, 6) is -2.65. The van der Waals surface area contributed by atoms with Gasteiger partial charge in [0.2, 0.25) is 5.82 Å². The van der Waals surface area contributed by atoms with E-state index in [-0.39, 0.29) is 11.5 Å². The average Bonchev–Trinajstić information content (AvgIpc) is 3.26. The number of hydrogen-bond donors (Lipinski definition) is 0. The molecule has 0 radical (unpaired) electrons. The number of pyridine rings is 1. The van der Waals surface area contributed by atoms with Gasteiger partial charge in [-0.05, 0) is 54.2 Å². The van der Waals surface area contributed by atoms with E-state index in [0.29, 0.717) is 31.2 Å². The topological polar surface area (TPSA) is 60.9 Å². The highest BCUT2D eigenvalue weighted by atomic mass is 19.2. The Morgan fingerprint density at radius 1 is 1.07 bits per heavy atom. The molecule has 0 unspecified atom stereocenters. The maximum Gasteiger partial charge on any atom is 0.205 e. The highest BCUT2D eigenvalue weighted by molar-refractivity contribution is 5.61. The lowest BCUT2D eigenvalue weighted by Gasteiger charge is -2.22. The number of fused-ring (bicyclic) bond motifs is 3. The Morgan fingerprint density at radius 2 is 1.89 bits per heavy atom. The van der Waals surface area contributed by atoms with Crippen molar-refractivity contribution in [2.24, 2.45) is 7.05 Å². The fourth-order valence-electron chi connectivity index (χ4n) is 3.87. The zero-order valence-electron chi connectivity index (χ0n) is 14.9. The summed E-state index contributed by atoms with van der Waals surface area (Å²) in [6.07, 6.45) is 3.68. The molecule has 0 fully saturated rings. The van der Waals surface area contributed by atoms with Gasteiger partial charge in [-0.3, -0.25) is 0 Å². The van der Waals surface area contributed by atoms with E-state index in [9.17, 15) is 13.2 Å². The molecule has 3 aromatic heterocycles. The van der Waals surface area contributed by atoms with E-state index in [1.54, 1.807) is 7.05 Å². The van der Waals surface area contributed by atoms with Crippen molar-refractivity contribution < 1.29 is 13.2 Å². The third-order valence-electron chi connectivity index (χ3n) is 5.22. The molecule has 3 heterocycles. The highest BCUT2D eigenvalue weighted by Crippen LogP contribution is 2.35. The summed E-state index contributed by atoms with van der Waals surface area (Å²) in [6, 6.07) is 5.35. The Balaban J connectivity index is 1.51. The lowest BCUT2D eigenvalue weighted by Crippen LogP contribution is -2.15. The van der Waals surface area contributed by atoms with Crippen molar-refractivity contribution in [1.82, 2.24) is 29.6 Å². The van der Waals surface area contributed by atoms with Gasteiger partial charge < -0.3 is 4.40 Å². The molecule has 5 rings (SSSR count). The third-order valence-corrected chi connectivity index (χ3v) is 5.22. The Hall–Kier alpha value is -3.23. The van der Waals surface area contributed by atoms with Gasteiger partial charge in [0.05, 0.1) is 12.7 Å². The molecule has 142 valence electrons. The molecule has 1 aliphatic carbocycles. The van der Waals surface area contributed by atoms with Crippen LogP contribution in [-0.2, 0) is 19.9 Å². The van der Waals surface area contributed by atoms with Gasteiger partial charge in [0, 0.05) is 23.5 Å². The van der Waals surface area contributed by atoms with Crippen molar-refractivity contribution in [2.45, 2.75) is 25.2 Å². The van der Waals surface area contributed by atoms with Crippen LogP contribution in [0.1, 0.15) is 29.3 Å². The maximum atomic E-state index is 14.2. The van der Waals surface area contributed by atoms with E-state index in [1.807, 2.05) is 22.7 Å². The minimum Gasteiger partial charge on any atom is -0.304 e. The first kappa shape index (κ1) is 16.9. The molecular weight excluding hydrogens is 369 g/mol. The number of aryl methyl sites for hydroxylation is 2. The maximum absolute atomic E-state index is 14.2. The van der Waals surface area contributed by atoms with Gasteiger partial charge >= 0.3 is 0 Å². The molecule has 9 heteroatoms. The molecule has 0 bridgehead atoms. The van der Waals surface area contributed by atoms with E-state index < -0.39 is 17.5 Å². The van der Waals surface area contributed by atoms with Crippen LogP contribution in [0, 0.1) is 17.5 Å². The zero-order chi connectivity index (χ0) is 19.4. The predicted octanol–water partition coefficient (Wildman–Crippen LogP) is 3.21. The SMILES string of the molecule is Cn1nnc(-c2ccn3c4c(nc3c2)C[C@H](c2cc(F)c(F)cc2F)CC4)n1. The van der Waals surface area contributed by atoms with Gasteiger partial charge in [0.1, 0.15) is 11.5 Å². The van der Waals surface area contributed by atoms with Gasteiger partial charge in [-0.15, -0.1) is 10.2 Å². The quantitative estimate of drug-likeness (QED) is 0.498. The molecule has 0 aliphatic heterocycles. The van der Waals surface area contributed by atoms with Gasteiger partial charge in [-0.1, -0.05) is 0 Å². The van der Waals surface area contributed by atoms with Crippen LogP contribution in [0.4, 0.5) is 13.2 Å². The Morgan fingerprint density at radius 3 is 2.68 bits per heavy atom. The summed E-state index contributed by atoms with van der Waals surface area (Å²) < 4.78 is 43.0. The van der Waals surface area contributed by atoms with E-state index in [0.717, 1.165) is 28.7 Å². The number of nitrogens with zero attached hydrogens (tertiary/aromatic N) is 6. The van der Waals surface area contributed by atoms with Crippen LogP contribution in [-0.4, -0.2) is 29.6 Å². The third kappa shape index (κ3) is 2.65. The first-order valence-corrected chi connectivity index (χ1v) is 8.88. The van der Waals surface area contributed by atoms with Crippen LogP contribution >= 0.6 is 0 Å². The summed E-state index contributed by atoms with van der Waals surface area (Å²) in [6.45, 7) is 0. The summed E-state index contributed by atoms with van der Waals surface area (Å²) >= 11 is 0. The van der Waals surface area contributed by atoms with E-state index in [4.69, 9.17) is 0 Å². The van der Waals surface area contributed by atoms with Crippen LogP contribution in [0.5, 0.6) is 0 Å². The number of benzene rings is 1. The Kier molecular flexibility index (Phi) is 3.71. The Labute approximate surface area is 157 Å². The van der Waals surface area contributed by atoms with Crippen LogP contribution < -0.4 is 0 Å². The number of hydrogen-bond acceptors (Lipinski definition) is 4. The van der Waals surface area contributed by atoms with E-state index >= 15 is 0 Å². The molecule has 0 amide bonds. The molecule has 6 nitrogen and oxygen atoms in total. The second-order valence-electron chi connectivity index (χ2n) is 6.98. The largest absolute Gasteiger partial charge is 0.304 e. The highest BCUT2D eigenvalue weighted by Gasteiger charge is 2.27. The summed E-state index contributed by atoms with van der Waals surface area (Å²) in [5, 5.41) is 12.0. The number of halogens is 3. The van der Waals surface area contributed by atoms with E-state index in [2.05, 4.69) is 20.4 Å². The van der Waals surface area contributed by atoms with Gasteiger partial charge in [-0.2, -0.15) is 4.80 Å². The van der Waals surface area contributed by atoms with Crippen LogP contribution in [0.15, 0.2) is 30.5 Å². The van der Waals surface area contributed by atoms with Crippen LogP contribution in [0.3, 0.4) is 0 Å². The van der Waals surface area contributed by atoms with Gasteiger partial charge in [0.25, 0.3) is 0 Å². The molecule has 1 aliphatic rings. The monoisotopic (exact) mass is 384 g/mol. The van der Waals surface area contributed by atoms with E-state index in [1.165, 1.54) is 4.80 Å². The molecule has 1 atom stereocenters. The summed E-state index contributed by atoms with van der Waals surface area (Å²) in [7, 11) is 1.70. The van der Waals surface area contributed by atoms with Crippen molar-refractivity contribution in [3.05, 3.63) is 64.9 Å². The molecule has 28 heavy (non-hydrogen) atoms. The summed E-state index contributed by atoms with van der Waals surface area (Å²) in [5.41, 5.74) is 3.62. The van der Waals surface area contributed by atoms with Crippen LogP contribution in [0.2, 0.25) is 0 Å². The molecule has 0 saturated heterocycles. The minimum atomic E-state index is -1.17. The fourth-order valence-corrected chi connectivity index (χ4v) is 3.87. The van der Waals surface area contributed by atoms with Crippen molar-refractivity contribution in [2.75, 3.05) is 0 Å². The van der Waals surface area contributed by atoms with Crippen LogP contribution in [0.25, 0.3) is 17.0 Å². The van der Waals surface area contributed by atoms with Crippen molar-refractivity contribution in [3.63, 3.8) is 0 Å². The van der Waals surface area contributed by atoms with Gasteiger partial charge in [0.15, 0.2) is 11.6 Å². The molecule has 0 spiro atoms. The first-order chi connectivity index (χ1) is 13.5. The van der Waals surface area contributed by atoms with Crippen molar-refractivity contribution in [3.8, 4) is 11.4 Å². The standard InChI is InChI=1S/C19H15F3N6/c1-27-25-19(24-26-27)11-4-5-28-17-3-2-10(6-16(17)23-18(28)7-11)12-8-14(21)15(22)9-13(12)20/h4-5,7-10H,2-3,6H2,1H3/t10-/m1/s1. The molecule has 0 N–H and O–H groups in total. The van der Waals surface area contributed by atoms with Crippen molar-refractivity contribution in [1.29, 1.82) is 0 Å². The molecule has 1 aromatic carbocycles. The number of imidazole rings is 1. The first-order valence-electron chi connectivity index (χ1n) is 8.88. The minimum absolute atomic E-state index is 0.200. The average molecular weight is 384 g/mol. The van der Waals surface area contributed by atoms with Crippen molar-refractivity contribution >= 4 is 5.65 Å². The zero-order valence-corrected chi connectivity index (χ0v) is 14.9. The smallest absolute Gasteiger partial charge is 0.205 e. The normalized spacial score (nSPS) is 16.5. The predicted molar refractivity (Wildman–Crippen MR) is 94.1 cm³/mol. The Bertz CT molecular complexity index is 1210. The molecule has 4 aromatic rings. The number of aromatic nitrogens is 6. The number of tetrazole rings is 1.